The maximum absolute atomic E-state index is 6.36. The molecule has 116 valence electrons. The normalized spacial score (nSPS) is 14.6. The van der Waals surface area contributed by atoms with Crippen LogP contribution in [-0.2, 0) is 0 Å². The van der Waals surface area contributed by atoms with Gasteiger partial charge < -0.3 is 11.1 Å². The van der Waals surface area contributed by atoms with Crippen LogP contribution in [0.3, 0.4) is 0 Å². The summed E-state index contributed by atoms with van der Waals surface area (Å²) in [4.78, 5) is 9.36. The summed E-state index contributed by atoms with van der Waals surface area (Å²) >= 11 is 6.36. The van der Waals surface area contributed by atoms with Crippen molar-refractivity contribution in [3.63, 3.8) is 0 Å². The average Bonchev–Trinajstić information content (AvgIpc) is 2.47. The first-order valence-electron chi connectivity index (χ1n) is 7.85. The minimum atomic E-state index is 0.499. The van der Waals surface area contributed by atoms with Gasteiger partial charge >= 0.3 is 0 Å². The van der Waals surface area contributed by atoms with E-state index in [4.69, 9.17) is 22.3 Å². The predicted molar refractivity (Wildman–Crippen MR) is 91.2 cm³/mol. The molecule has 1 aromatic heterocycles. The number of nitrogens with zero attached hydrogens (tertiary/aromatic N) is 2. The fourth-order valence-electron chi connectivity index (χ4n) is 2.57. The largest absolute Gasteiger partial charge is 0.382 e. The quantitative estimate of drug-likeness (QED) is 0.795. The molecule has 0 aliphatic heterocycles. The zero-order chi connectivity index (χ0) is 15.4. The highest BCUT2D eigenvalue weighted by atomic mass is 35.5. The Kier molecular flexibility index (Phi) is 4.90. The molecule has 22 heavy (non-hydrogen) atoms. The fourth-order valence-corrected chi connectivity index (χ4v) is 2.80. The summed E-state index contributed by atoms with van der Waals surface area (Å²) in [6, 6.07) is 7.81. The Morgan fingerprint density at radius 2 is 2.09 bits per heavy atom. The second-order valence-electron chi connectivity index (χ2n) is 5.67. The zero-order valence-electron chi connectivity index (χ0n) is 12.6. The number of anilines is 1. The van der Waals surface area contributed by atoms with Crippen LogP contribution in [-0.4, -0.2) is 23.1 Å². The Hall–Kier alpha value is -1.65. The molecule has 4 nitrogen and oxygen atoms in total. The molecule has 1 heterocycles. The van der Waals surface area contributed by atoms with Gasteiger partial charge in [-0.15, -0.1) is 0 Å². The van der Waals surface area contributed by atoms with Gasteiger partial charge in [0.25, 0.3) is 0 Å². The first-order chi connectivity index (χ1) is 10.8. The highest BCUT2D eigenvalue weighted by molar-refractivity contribution is 6.33. The van der Waals surface area contributed by atoms with Crippen LogP contribution in [0.25, 0.3) is 11.3 Å². The smallest absolute Gasteiger partial charge is 0.132 e. The van der Waals surface area contributed by atoms with Crippen molar-refractivity contribution < 1.29 is 0 Å². The number of nitrogens with one attached hydrogen (secondary N) is 1. The van der Waals surface area contributed by atoms with Gasteiger partial charge in [-0.25, -0.2) is 9.97 Å². The molecule has 0 unspecified atom stereocenters. The van der Waals surface area contributed by atoms with E-state index in [1.54, 1.807) is 0 Å². The van der Waals surface area contributed by atoms with E-state index in [1.807, 2.05) is 30.5 Å². The summed E-state index contributed by atoms with van der Waals surface area (Å²) in [6.45, 7) is 1.47. The van der Waals surface area contributed by atoms with Crippen LogP contribution < -0.4 is 11.1 Å². The van der Waals surface area contributed by atoms with Gasteiger partial charge in [0, 0.05) is 18.0 Å². The van der Waals surface area contributed by atoms with Gasteiger partial charge in [-0.1, -0.05) is 36.2 Å². The molecule has 0 bridgehead atoms. The Morgan fingerprint density at radius 1 is 1.27 bits per heavy atom. The number of hydrogen-bond donors (Lipinski definition) is 2. The SMILES string of the molecule is NCCCNc1cnc(C2CCC2)nc1-c1ccccc1Cl. The molecule has 5 heteroatoms. The number of halogens is 1. The third-order valence-corrected chi connectivity index (χ3v) is 4.43. The van der Waals surface area contributed by atoms with Crippen LogP contribution in [0.2, 0.25) is 5.02 Å². The van der Waals surface area contributed by atoms with Crippen LogP contribution in [0.5, 0.6) is 0 Å². The summed E-state index contributed by atoms with van der Waals surface area (Å²) in [6.07, 6.45) is 6.43. The molecule has 3 N–H and O–H groups in total. The van der Waals surface area contributed by atoms with Crippen molar-refractivity contribution in [2.24, 2.45) is 5.73 Å². The molecule has 0 atom stereocenters. The molecule has 1 fully saturated rings. The van der Waals surface area contributed by atoms with Gasteiger partial charge in [0.2, 0.25) is 0 Å². The number of hydrogen-bond acceptors (Lipinski definition) is 4. The Balaban J connectivity index is 1.96. The van der Waals surface area contributed by atoms with Gasteiger partial charge in [0.15, 0.2) is 0 Å². The molecule has 0 saturated heterocycles. The molecule has 1 aliphatic carbocycles. The number of aromatic nitrogens is 2. The number of benzene rings is 1. The van der Waals surface area contributed by atoms with Crippen LogP contribution >= 0.6 is 11.6 Å². The summed E-state index contributed by atoms with van der Waals surface area (Å²) < 4.78 is 0. The summed E-state index contributed by atoms with van der Waals surface area (Å²) in [7, 11) is 0. The van der Waals surface area contributed by atoms with Gasteiger partial charge in [-0.2, -0.15) is 0 Å². The zero-order valence-corrected chi connectivity index (χ0v) is 13.3. The monoisotopic (exact) mass is 316 g/mol. The molecule has 3 rings (SSSR count). The van der Waals surface area contributed by atoms with Gasteiger partial charge in [-0.3, -0.25) is 0 Å². The summed E-state index contributed by atoms with van der Waals surface area (Å²) in [5.74, 6) is 1.44. The maximum atomic E-state index is 6.36. The van der Waals surface area contributed by atoms with Gasteiger partial charge in [0.1, 0.15) is 5.82 Å². The van der Waals surface area contributed by atoms with Crippen molar-refractivity contribution >= 4 is 17.3 Å². The molecule has 2 aromatic rings. The van der Waals surface area contributed by atoms with Crippen molar-refractivity contribution in [2.45, 2.75) is 31.6 Å². The van der Waals surface area contributed by atoms with Crippen molar-refractivity contribution in [2.75, 3.05) is 18.4 Å². The molecular formula is C17H21ClN4. The summed E-state index contributed by atoms with van der Waals surface area (Å²) in [5, 5.41) is 4.09. The minimum absolute atomic E-state index is 0.499. The standard InChI is InChI=1S/C17H21ClN4/c18-14-8-2-1-7-13(14)16-15(20-10-4-9-19)11-21-17(22-16)12-5-3-6-12/h1-2,7-8,11-12,20H,3-6,9-10,19H2. The second-order valence-corrected chi connectivity index (χ2v) is 6.07. The van der Waals surface area contributed by atoms with Crippen LogP contribution in [0.15, 0.2) is 30.5 Å². The van der Waals surface area contributed by atoms with Crippen molar-refractivity contribution in [3.05, 3.63) is 41.3 Å². The number of nitrogens with two attached hydrogens (primary N) is 1. The molecule has 1 saturated carbocycles. The third-order valence-electron chi connectivity index (χ3n) is 4.10. The molecule has 1 aliphatic rings. The minimum Gasteiger partial charge on any atom is -0.382 e. The van der Waals surface area contributed by atoms with Crippen LogP contribution in [0.4, 0.5) is 5.69 Å². The van der Waals surface area contributed by atoms with E-state index in [-0.39, 0.29) is 0 Å². The topological polar surface area (TPSA) is 63.8 Å². The van der Waals surface area contributed by atoms with E-state index in [1.165, 1.54) is 19.3 Å². The van der Waals surface area contributed by atoms with E-state index >= 15 is 0 Å². The highest BCUT2D eigenvalue weighted by Crippen LogP contribution is 2.37. The lowest BCUT2D eigenvalue weighted by atomic mass is 9.85. The predicted octanol–water partition coefficient (Wildman–Crippen LogP) is 3.83. The van der Waals surface area contributed by atoms with E-state index in [0.717, 1.165) is 35.7 Å². The van der Waals surface area contributed by atoms with Gasteiger partial charge in [0.05, 0.1) is 22.6 Å². The average molecular weight is 317 g/mol. The van der Waals surface area contributed by atoms with Crippen molar-refractivity contribution in [1.29, 1.82) is 0 Å². The van der Waals surface area contributed by atoms with E-state index in [9.17, 15) is 0 Å². The first kappa shape index (κ1) is 15.3. The van der Waals surface area contributed by atoms with E-state index in [0.29, 0.717) is 17.5 Å². The lowest BCUT2D eigenvalue weighted by Crippen LogP contribution is -2.15. The highest BCUT2D eigenvalue weighted by Gasteiger charge is 2.23. The molecule has 0 amide bonds. The lowest BCUT2D eigenvalue weighted by molar-refractivity contribution is 0.402. The maximum Gasteiger partial charge on any atom is 0.132 e. The molecule has 1 aromatic carbocycles. The molecule has 0 spiro atoms. The fraction of sp³-hybridized carbons (Fsp3) is 0.412. The van der Waals surface area contributed by atoms with Crippen molar-refractivity contribution in [1.82, 2.24) is 9.97 Å². The summed E-state index contributed by atoms with van der Waals surface area (Å²) in [5.41, 5.74) is 8.32. The Morgan fingerprint density at radius 3 is 2.77 bits per heavy atom. The second kappa shape index (κ2) is 7.07. The van der Waals surface area contributed by atoms with Crippen LogP contribution in [0, 0.1) is 0 Å². The Labute approximate surface area is 136 Å². The van der Waals surface area contributed by atoms with E-state index in [2.05, 4.69) is 10.3 Å². The Bertz CT molecular complexity index is 640. The number of rotatable bonds is 6. The third kappa shape index (κ3) is 3.23. The van der Waals surface area contributed by atoms with Gasteiger partial charge in [-0.05, 0) is 31.9 Å². The van der Waals surface area contributed by atoms with E-state index < -0.39 is 0 Å². The molecule has 0 radical (unpaired) electrons. The van der Waals surface area contributed by atoms with Crippen LogP contribution in [0.1, 0.15) is 37.4 Å². The van der Waals surface area contributed by atoms with Crippen molar-refractivity contribution in [3.8, 4) is 11.3 Å². The first-order valence-corrected chi connectivity index (χ1v) is 8.23. The lowest BCUT2D eigenvalue weighted by Gasteiger charge is -2.24. The molecular weight excluding hydrogens is 296 g/mol.